The van der Waals surface area contributed by atoms with Gasteiger partial charge in [-0.25, -0.2) is 15.0 Å². The molecule has 0 unspecified atom stereocenters. The summed E-state index contributed by atoms with van der Waals surface area (Å²) in [6, 6.07) is 0. The second kappa shape index (κ2) is 5.30. The average Bonchev–Trinajstić information content (AvgIpc) is 2.77. The van der Waals surface area contributed by atoms with Gasteiger partial charge in [-0.3, -0.25) is 4.79 Å². The molecule has 2 rings (SSSR count). The molecule has 0 spiro atoms. The normalized spacial score (nSPS) is 10.6. The summed E-state index contributed by atoms with van der Waals surface area (Å²) in [6.45, 7) is 5.17. The zero-order chi connectivity index (χ0) is 13.1. The second-order valence-electron chi connectivity index (χ2n) is 3.86. The molecule has 6 heteroatoms. The maximum Gasteiger partial charge on any atom is 0.180 e. The van der Waals surface area contributed by atoms with Crippen molar-refractivity contribution in [1.29, 1.82) is 0 Å². The molecule has 94 valence electrons. The van der Waals surface area contributed by atoms with Crippen LogP contribution >= 0.6 is 11.8 Å². The molecule has 2 heterocycles. The maximum absolute atomic E-state index is 11.6. The third-order valence-electron chi connectivity index (χ3n) is 2.36. The highest BCUT2D eigenvalue weighted by molar-refractivity contribution is 7.98. The van der Waals surface area contributed by atoms with Crippen molar-refractivity contribution in [1.82, 2.24) is 15.0 Å². The fourth-order valence-electron chi connectivity index (χ4n) is 1.64. The Morgan fingerprint density at radius 1 is 1.39 bits per heavy atom. The van der Waals surface area contributed by atoms with Gasteiger partial charge in [0.15, 0.2) is 12.2 Å². The Hall–Kier alpha value is -1.69. The van der Waals surface area contributed by atoms with Crippen LogP contribution in [0.1, 0.15) is 34.5 Å². The number of carbonyl (C=O) groups is 1. The van der Waals surface area contributed by atoms with E-state index in [1.165, 1.54) is 25.1 Å². The molecule has 0 saturated carbocycles. The van der Waals surface area contributed by atoms with Gasteiger partial charge in [0.05, 0.1) is 17.0 Å². The van der Waals surface area contributed by atoms with Gasteiger partial charge in [0.1, 0.15) is 17.1 Å². The Kier molecular flexibility index (Phi) is 3.76. The summed E-state index contributed by atoms with van der Waals surface area (Å²) < 4.78 is 4.90. The van der Waals surface area contributed by atoms with E-state index in [4.69, 9.17) is 4.42 Å². The molecule has 0 bridgehead atoms. The smallest absolute Gasteiger partial charge is 0.180 e. The van der Waals surface area contributed by atoms with Crippen LogP contribution in [-0.4, -0.2) is 20.7 Å². The minimum Gasteiger partial charge on any atom is -0.451 e. The van der Waals surface area contributed by atoms with E-state index in [1.54, 1.807) is 6.26 Å². The van der Waals surface area contributed by atoms with Gasteiger partial charge < -0.3 is 4.42 Å². The molecular formula is C12H13N3O2S. The lowest BCUT2D eigenvalue weighted by atomic mass is 10.2. The number of ketones is 1. The highest BCUT2D eigenvalue weighted by atomic mass is 32.2. The van der Waals surface area contributed by atoms with E-state index in [-0.39, 0.29) is 5.78 Å². The monoisotopic (exact) mass is 263 g/mol. The third-order valence-corrected chi connectivity index (χ3v) is 3.37. The van der Waals surface area contributed by atoms with Crippen LogP contribution in [0.5, 0.6) is 0 Å². The molecule has 0 aromatic carbocycles. The van der Waals surface area contributed by atoms with Gasteiger partial charge in [-0.05, 0) is 20.8 Å². The molecule has 2 aromatic heterocycles. The topological polar surface area (TPSA) is 68.9 Å². The van der Waals surface area contributed by atoms with E-state index in [9.17, 15) is 4.79 Å². The molecule has 0 radical (unpaired) electrons. The van der Waals surface area contributed by atoms with Crippen molar-refractivity contribution < 1.29 is 9.21 Å². The van der Waals surface area contributed by atoms with E-state index in [1.807, 2.05) is 13.8 Å². The third kappa shape index (κ3) is 2.76. The summed E-state index contributed by atoms with van der Waals surface area (Å²) in [5.74, 6) is 1.27. The van der Waals surface area contributed by atoms with Crippen molar-refractivity contribution in [3.05, 3.63) is 35.4 Å². The van der Waals surface area contributed by atoms with Gasteiger partial charge in [-0.2, -0.15) is 0 Å². The number of carbonyl (C=O) groups excluding carboxylic acids is 1. The predicted octanol–water partition coefficient (Wildman–Crippen LogP) is 2.58. The van der Waals surface area contributed by atoms with Crippen LogP contribution in [-0.2, 0) is 5.75 Å². The molecule has 0 amide bonds. The van der Waals surface area contributed by atoms with Crippen molar-refractivity contribution >= 4 is 17.5 Å². The van der Waals surface area contributed by atoms with Crippen LogP contribution in [0.25, 0.3) is 0 Å². The van der Waals surface area contributed by atoms with Crippen LogP contribution in [0.3, 0.4) is 0 Å². The van der Waals surface area contributed by atoms with E-state index in [2.05, 4.69) is 15.0 Å². The molecule has 0 fully saturated rings. The number of Topliss-reactive ketones (excluding diaryl/α,β-unsaturated/α-hetero) is 1. The number of aryl methyl sites for hydroxylation is 2. The standard InChI is InChI=1S/C12H13N3O2S/c1-7-11(8(2)16)12(15-9(3)14-7)18-5-10-4-17-6-13-10/h4,6H,5H2,1-3H3. The average molecular weight is 263 g/mol. The van der Waals surface area contributed by atoms with Crippen molar-refractivity contribution in [2.75, 3.05) is 0 Å². The molecule has 0 atom stereocenters. The number of hydrogen-bond donors (Lipinski definition) is 0. The van der Waals surface area contributed by atoms with Gasteiger partial charge >= 0.3 is 0 Å². The summed E-state index contributed by atoms with van der Waals surface area (Å²) in [4.78, 5) is 24.2. The summed E-state index contributed by atoms with van der Waals surface area (Å²) in [5.41, 5.74) is 2.13. The summed E-state index contributed by atoms with van der Waals surface area (Å²) >= 11 is 1.47. The first-order chi connectivity index (χ1) is 8.58. The first-order valence-corrected chi connectivity index (χ1v) is 6.42. The molecule has 0 aliphatic heterocycles. The lowest BCUT2D eigenvalue weighted by molar-refractivity contribution is 0.101. The number of nitrogens with zero attached hydrogens (tertiary/aromatic N) is 3. The van der Waals surface area contributed by atoms with Crippen LogP contribution in [0.4, 0.5) is 0 Å². The highest BCUT2D eigenvalue weighted by Gasteiger charge is 2.15. The van der Waals surface area contributed by atoms with Gasteiger partial charge in [0.2, 0.25) is 0 Å². The fourth-order valence-corrected chi connectivity index (χ4v) is 2.70. The maximum atomic E-state index is 11.6. The van der Waals surface area contributed by atoms with Crippen LogP contribution in [0.2, 0.25) is 0 Å². The fraction of sp³-hybridized carbons (Fsp3) is 0.333. The van der Waals surface area contributed by atoms with Crippen LogP contribution in [0, 0.1) is 13.8 Å². The minimum absolute atomic E-state index is 0.0184. The minimum atomic E-state index is -0.0184. The van der Waals surface area contributed by atoms with E-state index in [0.29, 0.717) is 22.2 Å². The number of rotatable bonds is 4. The Morgan fingerprint density at radius 3 is 2.78 bits per heavy atom. The second-order valence-corrected chi connectivity index (χ2v) is 4.83. The van der Waals surface area contributed by atoms with Crippen molar-refractivity contribution in [2.24, 2.45) is 0 Å². The quantitative estimate of drug-likeness (QED) is 0.480. The highest BCUT2D eigenvalue weighted by Crippen LogP contribution is 2.25. The molecule has 2 aromatic rings. The van der Waals surface area contributed by atoms with Crippen LogP contribution in [0.15, 0.2) is 22.1 Å². The summed E-state index contributed by atoms with van der Waals surface area (Å²) in [5, 5.41) is 0.704. The Morgan fingerprint density at radius 2 is 2.17 bits per heavy atom. The Labute approximate surface area is 109 Å². The Balaban J connectivity index is 2.28. The zero-order valence-corrected chi connectivity index (χ0v) is 11.2. The largest absolute Gasteiger partial charge is 0.451 e. The molecule has 18 heavy (non-hydrogen) atoms. The number of hydrogen-bond acceptors (Lipinski definition) is 6. The SMILES string of the molecule is CC(=O)c1c(C)nc(C)nc1SCc1cocn1. The van der Waals surface area contributed by atoms with Crippen LogP contribution < -0.4 is 0 Å². The molecule has 0 aliphatic carbocycles. The van der Waals surface area contributed by atoms with Gasteiger partial charge in [0.25, 0.3) is 0 Å². The summed E-state index contributed by atoms with van der Waals surface area (Å²) in [6.07, 6.45) is 2.97. The summed E-state index contributed by atoms with van der Waals surface area (Å²) in [7, 11) is 0. The zero-order valence-electron chi connectivity index (χ0n) is 10.4. The number of aromatic nitrogens is 3. The van der Waals surface area contributed by atoms with Crippen molar-refractivity contribution in [3.63, 3.8) is 0 Å². The van der Waals surface area contributed by atoms with Gasteiger partial charge in [-0.1, -0.05) is 11.8 Å². The lowest BCUT2D eigenvalue weighted by Crippen LogP contribution is -2.06. The molecular weight excluding hydrogens is 250 g/mol. The molecule has 5 nitrogen and oxygen atoms in total. The molecule has 0 saturated heterocycles. The van der Waals surface area contributed by atoms with E-state index >= 15 is 0 Å². The van der Waals surface area contributed by atoms with Crippen molar-refractivity contribution in [2.45, 2.75) is 31.6 Å². The molecule has 0 aliphatic rings. The Bertz CT molecular complexity index is 567. The number of oxazole rings is 1. The lowest BCUT2D eigenvalue weighted by Gasteiger charge is -2.08. The first-order valence-electron chi connectivity index (χ1n) is 5.44. The van der Waals surface area contributed by atoms with E-state index < -0.39 is 0 Å². The van der Waals surface area contributed by atoms with Crippen molar-refractivity contribution in [3.8, 4) is 0 Å². The number of thioether (sulfide) groups is 1. The van der Waals surface area contributed by atoms with E-state index in [0.717, 1.165) is 11.4 Å². The van der Waals surface area contributed by atoms with Gasteiger partial charge in [0, 0.05) is 5.75 Å². The van der Waals surface area contributed by atoms with Gasteiger partial charge in [-0.15, -0.1) is 0 Å². The molecule has 0 N–H and O–H groups in total. The predicted molar refractivity (Wildman–Crippen MR) is 67.6 cm³/mol. The first kappa shape index (κ1) is 12.8.